The fourth-order valence-corrected chi connectivity index (χ4v) is 4.39. The van der Waals surface area contributed by atoms with Gasteiger partial charge in [0.1, 0.15) is 5.75 Å². The standard InChI is InChI=1S/C21H20N4O3S2/c1-24-20(18-6-3-11-28-18)22-23-21(24)30-14-19(26)25(13-17-5-4-12-29-17)15-7-9-16(27-2)10-8-15/h3-12H,13-14H2,1-2H3. The van der Waals surface area contributed by atoms with Crippen LogP contribution in [0.2, 0.25) is 0 Å². The third kappa shape index (κ3) is 4.42. The van der Waals surface area contributed by atoms with Crippen molar-refractivity contribution in [1.29, 1.82) is 0 Å². The number of anilines is 1. The average Bonchev–Trinajstić information content (AvgIpc) is 3.53. The van der Waals surface area contributed by atoms with Crippen LogP contribution in [0.15, 0.2) is 69.7 Å². The zero-order valence-electron chi connectivity index (χ0n) is 16.5. The first-order chi connectivity index (χ1) is 14.7. The first-order valence-corrected chi connectivity index (χ1v) is 11.0. The summed E-state index contributed by atoms with van der Waals surface area (Å²) in [5, 5.41) is 11.0. The fraction of sp³-hybridized carbons (Fsp3) is 0.190. The number of benzene rings is 1. The summed E-state index contributed by atoms with van der Waals surface area (Å²) in [6.45, 7) is 0.514. The summed E-state index contributed by atoms with van der Waals surface area (Å²) >= 11 is 2.98. The number of hydrogen-bond acceptors (Lipinski definition) is 7. The number of amides is 1. The molecule has 0 fully saturated rings. The second-order valence-corrected chi connectivity index (χ2v) is 8.36. The summed E-state index contributed by atoms with van der Waals surface area (Å²) in [6, 6.07) is 15.2. The SMILES string of the molecule is COc1ccc(N(Cc2cccs2)C(=O)CSc2nnc(-c3ccco3)n2C)cc1. The number of hydrogen-bond donors (Lipinski definition) is 0. The minimum Gasteiger partial charge on any atom is -0.497 e. The van der Waals surface area contributed by atoms with Crippen molar-refractivity contribution in [3.8, 4) is 17.3 Å². The average molecular weight is 441 g/mol. The molecule has 7 nitrogen and oxygen atoms in total. The molecule has 0 aliphatic rings. The van der Waals surface area contributed by atoms with Crippen LogP contribution < -0.4 is 9.64 Å². The van der Waals surface area contributed by atoms with Crippen LogP contribution in [0.3, 0.4) is 0 Å². The molecular weight excluding hydrogens is 420 g/mol. The Kier molecular flexibility index (Phi) is 6.20. The van der Waals surface area contributed by atoms with Crippen molar-refractivity contribution in [1.82, 2.24) is 14.8 Å². The van der Waals surface area contributed by atoms with Crippen LogP contribution in [0.4, 0.5) is 5.69 Å². The lowest BCUT2D eigenvalue weighted by molar-refractivity contribution is -0.116. The van der Waals surface area contributed by atoms with E-state index >= 15 is 0 Å². The molecule has 3 heterocycles. The summed E-state index contributed by atoms with van der Waals surface area (Å²) in [5.74, 6) is 2.24. The van der Waals surface area contributed by atoms with E-state index in [1.165, 1.54) is 11.8 Å². The molecule has 30 heavy (non-hydrogen) atoms. The number of ether oxygens (including phenoxy) is 1. The van der Waals surface area contributed by atoms with Gasteiger partial charge < -0.3 is 18.6 Å². The van der Waals surface area contributed by atoms with Gasteiger partial charge in [0.05, 0.1) is 25.7 Å². The van der Waals surface area contributed by atoms with Crippen LogP contribution in [0.5, 0.6) is 5.75 Å². The normalized spacial score (nSPS) is 10.9. The molecule has 4 aromatic rings. The predicted molar refractivity (Wildman–Crippen MR) is 118 cm³/mol. The molecule has 9 heteroatoms. The lowest BCUT2D eigenvalue weighted by Gasteiger charge is -2.22. The second kappa shape index (κ2) is 9.19. The van der Waals surface area contributed by atoms with Crippen molar-refractivity contribution in [2.45, 2.75) is 11.7 Å². The van der Waals surface area contributed by atoms with Gasteiger partial charge in [0.25, 0.3) is 0 Å². The van der Waals surface area contributed by atoms with Crippen LogP contribution >= 0.6 is 23.1 Å². The Morgan fingerprint density at radius 2 is 2.03 bits per heavy atom. The van der Waals surface area contributed by atoms with Crippen molar-refractivity contribution >= 4 is 34.7 Å². The van der Waals surface area contributed by atoms with E-state index in [1.807, 2.05) is 59.5 Å². The third-order valence-electron chi connectivity index (χ3n) is 4.48. The van der Waals surface area contributed by atoms with Gasteiger partial charge >= 0.3 is 0 Å². The Morgan fingerprint density at radius 1 is 1.20 bits per heavy atom. The first-order valence-electron chi connectivity index (χ1n) is 9.18. The maximum absolute atomic E-state index is 13.1. The monoisotopic (exact) mass is 440 g/mol. The van der Waals surface area contributed by atoms with E-state index < -0.39 is 0 Å². The van der Waals surface area contributed by atoms with Crippen molar-refractivity contribution in [2.75, 3.05) is 17.8 Å². The Morgan fingerprint density at radius 3 is 2.70 bits per heavy atom. The van der Waals surface area contributed by atoms with E-state index in [4.69, 9.17) is 9.15 Å². The zero-order valence-corrected chi connectivity index (χ0v) is 18.2. The maximum atomic E-state index is 13.1. The minimum absolute atomic E-state index is 0.0129. The van der Waals surface area contributed by atoms with Crippen molar-refractivity contribution in [2.24, 2.45) is 7.05 Å². The molecule has 0 saturated heterocycles. The highest BCUT2D eigenvalue weighted by Crippen LogP contribution is 2.26. The highest BCUT2D eigenvalue weighted by molar-refractivity contribution is 7.99. The van der Waals surface area contributed by atoms with Crippen LogP contribution in [0, 0.1) is 0 Å². The van der Waals surface area contributed by atoms with Crippen LogP contribution in [0.1, 0.15) is 4.88 Å². The smallest absolute Gasteiger partial charge is 0.237 e. The Labute approximate surface area is 182 Å². The molecule has 0 unspecified atom stereocenters. The van der Waals surface area contributed by atoms with Crippen LogP contribution in [0.25, 0.3) is 11.6 Å². The molecule has 0 aliphatic carbocycles. The number of furan rings is 1. The number of thioether (sulfide) groups is 1. The predicted octanol–water partition coefficient (Wildman–Crippen LogP) is 4.47. The van der Waals surface area contributed by atoms with Gasteiger partial charge in [-0.2, -0.15) is 0 Å². The summed E-state index contributed by atoms with van der Waals surface area (Å²) in [5.41, 5.74) is 0.823. The van der Waals surface area contributed by atoms with Crippen molar-refractivity contribution in [3.05, 3.63) is 65.1 Å². The van der Waals surface area contributed by atoms with Crippen molar-refractivity contribution in [3.63, 3.8) is 0 Å². The van der Waals surface area contributed by atoms with Crippen LogP contribution in [-0.2, 0) is 18.4 Å². The van der Waals surface area contributed by atoms with E-state index in [2.05, 4.69) is 10.2 Å². The number of carbonyl (C=O) groups excluding carboxylic acids is 1. The molecule has 0 N–H and O–H groups in total. The maximum Gasteiger partial charge on any atom is 0.237 e. The molecule has 0 radical (unpaired) electrons. The number of nitrogens with zero attached hydrogens (tertiary/aromatic N) is 4. The number of rotatable bonds is 8. The van der Waals surface area contributed by atoms with E-state index in [9.17, 15) is 4.79 Å². The quantitative estimate of drug-likeness (QED) is 0.376. The van der Waals surface area contributed by atoms with Gasteiger partial charge in [-0.1, -0.05) is 17.8 Å². The topological polar surface area (TPSA) is 73.4 Å². The number of thiophene rings is 1. The van der Waals surface area contributed by atoms with Gasteiger partial charge in [-0.15, -0.1) is 21.5 Å². The minimum atomic E-state index is -0.0129. The number of methoxy groups -OCH3 is 1. The molecule has 154 valence electrons. The first kappa shape index (κ1) is 20.2. The highest BCUT2D eigenvalue weighted by Gasteiger charge is 2.20. The van der Waals surface area contributed by atoms with Gasteiger partial charge in [-0.3, -0.25) is 4.79 Å². The molecule has 1 aromatic carbocycles. The summed E-state index contributed by atoms with van der Waals surface area (Å²) in [6.07, 6.45) is 1.59. The van der Waals surface area contributed by atoms with E-state index in [-0.39, 0.29) is 11.7 Å². The molecule has 0 spiro atoms. The van der Waals surface area contributed by atoms with E-state index in [0.29, 0.717) is 23.3 Å². The van der Waals surface area contributed by atoms with Crippen LogP contribution in [-0.4, -0.2) is 33.5 Å². The molecule has 4 rings (SSSR count). The van der Waals surface area contributed by atoms with Gasteiger partial charge in [0, 0.05) is 17.6 Å². The third-order valence-corrected chi connectivity index (χ3v) is 6.35. The Bertz CT molecular complexity index is 1090. The lowest BCUT2D eigenvalue weighted by Crippen LogP contribution is -2.31. The molecule has 1 amide bonds. The summed E-state index contributed by atoms with van der Waals surface area (Å²) < 4.78 is 12.5. The Hall–Kier alpha value is -3.04. The van der Waals surface area contributed by atoms with Gasteiger partial charge in [-0.05, 0) is 47.8 Å². The molecule has 0 aliphatic heterocycles. The largest absolute Gasteiger partial charge is 0.497 e. The van der Waals surface area contributed by atoms with Crippen molar-refractivity contribution < 1.29 is 13.9 Å². The molecule has 0 bridgehead atoms. The molecule has 3 aromatic heterocycles. The second-order valence-electron chi connectivity index (χ2n) is 6.39. The highest BCUT2D eigenvalue weighted by atomic mass is 32.2. The number of aromatic nitrogens is 3. The molecular formula is C21H20N4O3S2. The number of carbonyl (C=O) groups is 1. The Balaban J connectivity index is 1.50. The lowest BCUT2D eigenvalue weighted by atomic mass is 10.2. The van der Waals surface area contributed by atoms with E-state index in [0.717, 1.165) is 16.3 Å². The van der Waals surface area contributed by atoms with Gasteiger partial charge in [0.15, 0.2) is 16.7 Å². The van der Waals surface area contributed by atoms with Gasteiger partial charge in [-0.25, -0.2) is 0 Å². The van der Waals surface area contributed by atoms with Gasteiger partial charge in [0.2, 0.25) is 5.91 Å². The summed E-state index contributed by atoms with van der Waals surface area (Å²) in [7, 11) is 3.48. The molecule has 0 atom stereocenters. The fourth-order valence-electron chi connectivity index (χ4n) is 2.91. The van der Waals surface area contributed by atoms with E-state index in [1.54, 1.807) is 35.7 Å². The molecule has 0 saturated carbocycles. The zero-order chi connectivity index (χ0) is 20.9. The summed E-state index contributed by atoms with van der Waals surface area (Å²) in [4.78, 5) is 16.0.